The van der Waals surface area contributed by atoms with Crippen molar-refractivity contribution in [1.82, 2.24) is 14.9 Å². The summed E-state index contributed by atoms with van der Waals surface area (Å²) in [5, 5.41) is 12.3. The molecule has 1 aromatic carbocycles. The van der Waals surface area contributed by atoms with Crippen LogP contribution in [-0.4, -0.2) is 61.9 Å². The molecular formula is C25H31FN8. The Labute approximate surface area is 200 Å². The van der Waals surface area contributed by atoms with E-state index in [1.54, 1.807) is 13.1 Å². The number of aromatic nitrogens is 2. The van der Waals surface area contributed by atoms with Gasteiger partial charge in [0.25, 0.3) is 0 Å². The molecule has 178 valence electrons. The summed E-state index contributed by atoms with van der Waals surface area (Å²) in [6.45, 7) is 7.06. The first-order chi connectivity index (χ1) is 16.3. The minimum atomic E-state index is -0.589. The predicted octanol–water partition coefficient (Wildman–Crippen LogP) is 3.63. The molecule has 1 fully saturated rings. The first kappa shape index (κ1) is 24.9. The van der Waals surface area contributed by atoms with Crippen LogP contribution in [0.1, 0.15) is 30.9 Å². The fourth-order valence-electron chi connectivity index (χ4n) is 3.83. The molecule has 2 aromatic rings. The van der Waals surface area contributed by atoms with Crippen molar-refractivity contribution in [3.05, 3.63) is 53.1 Å². The Kier molecular flexibility index (Phi) is 7.97. The standard InChI is InChI=1S/C25H31FN8/c1-16(6-9-21(29-2)33(4)5)22-23(17-7-8-18(15-27)20(26)14-17)31-25(32-24(22)30-3)34-12-10-19(28)11-13-34/h6-9,14,19H,2,10-13,28H2,1,3-5H3,(H,30,31,32)/b16-6+,21-9+. The fourth-order valence-corrected chi connectivity index (χ4v) is 3.83. The summed E-state index contributed by atoms with van der Waals surface area (Å²) >= 11 is 0. The van der Waals surface area contributed by atoms with Crippen LogP contribution in [0.4, 0.5) is 16.2 Å². The smallest absolute Gasteiger partial charge is 0.227 e. The summed E-state index contributed by atoms with van der Waals surface area (Å²) < 4.78 is 14.6. The molecule has 0 aliphatic carbocycles. The number of anilines is 2. The monoisotopic (exact) mass is 462 g/mol. The highest BCUT2D eigenvalue weighted by Crippen LogP contribution is 2.35. The molecule has 0 bridgehead atoms. The summed E-state index contributed by atoms with van der Waals surface area (Å²) in [6, 6.07) is 6.57. The van der Waals surface area contributed by atoms with Crippen molar-refractivity contribution >= 4 is 24.1 Å². The summed E-state index contributed by atoms with van der Waals surface area (Å²) in [5.41, 5.74) is 8.80. The summed E-state index contributed by atoms with van der Waals surface area (Å²) in [6.07, 6.45) is 5.47. The Balaban J connectivity index is 2.21. The van der Waals surface area contributed by atoms with Crippen molar-refractivity contribution in [3.8, 4) is 17.3 Å². The topological polar surface area (TPSA) is 106 Å². The fraction of sp³-hybridized carbons (Fsp3) is 0.360. The lowest BCUT2D eigenvalue weighted by atomic mass is 9.99. The molecule has 1 aliphatic rings. The number of aliphatic imine (C=N–C) groups is 1. The molecule has 0 spiro atoms. The van der Waals surface area contributed by atoms with Crippen molar-refractivity contribution < 1.29 is 4.39 Å². The van der Waals surface area contributed by atoms with Gasteiger partial charge in [0.15, 0.2) is 0 Å². The summed E-state index contributed by atoms with van der Waals surface area (Å²) in [5.74, 6) is 1.29. The molecule has 34 heavy (non-hydrogen) atoms. The number of piperidine rings is 1. The molecule has 0 radical (unpaired) electrons. The molecule has 3 rings (SSSR count). The van der Waals surface area contributed by atoms with Gasteiger partial charge in [0.05, 0.1) is 11.3 Å². The number of allylic oxidation sites excluding steroid dienone is 3. The van der Waals surface area contributed by atoms with Crippen LogP contribution >= 0.6 is 0 Å². The van der Waals surface area contributed by atoms with E-state index < -0.39 is 5.82 Å². The zero-order valence-corrected chi connectivity index (χ0v) is 20.1. The predicted molar refractivity (Wildman–Crippen MR) is 136 cm³/mol. The van der Waals surface area contributed by atoms with Crippen molar-refractivity contribution in [3.63, 3.8) is 0 Å². The normalized spacial score (nSPS) is 15.1. The SMILES string of the molecule is C=N/C(=C\C=C(/C)c1c(NC)nc(N2CCC(N)CC2)nc1-c1ccc(C#N)c(F)c1)N(C)C. The number of hydrogen-bond acceptors (Lipinski definition) is 8. The Bertz CT molecular complexity index is 1150. The highest BCUT2D eigenvalue weighted by molar-refractivity contribution is 5.86. The van der Waals surface area contributed by atoms with E-state index in [9.17, 15) is 4.39 Å². The van der Waals surface area contributed by atoms with Gasteiger partial charge >= 0.3 is 0 Å². The number of nitrogens with two attached hydrogens (primary N) is 1. The van der Waals surface area contributed by atoms with Crippen molar-refractivity contribution in [2.75, 3.05) is 44.4 Å². The number of hydrogen-bond donors (Lipinski definition) is 2. The van der Waals surface area contributed by atoms with Crippen LogP contribution in [0.25, 0.3) is 16.8 Å². The van der Waals surface area contributed by atoms with E-state index in [-0.39, 0.29) is 11.6 Å². The summed E-state index contributed by atoms with van der Waals surface area (Å²) in [4.78, 5) is 17.7. The zero-order valence-electron chi connectivity index (χ0n) is 20.1. The minimum absolute atomic E-state index is 0.0127. The average molecular weight is 463 g/mol. The van der Waals surface area contributed by atoms with Gasteiger partial charge in [-0.25, -0.2) is 14.4 Å². The maximum Gasteiger partial charge on any atom is 0.227 e. The van der Waals surface area contributed by atoms with E-state index >= 15 is 0 Å². The molecule has 1 saturated heterocycles. The third kappa shape index (κ3) is 5.41. The maximum atomic E-state index is 14.6. The third-order valence-electron chi connectivity index (χ3n) is 5.82. The van der Waals surface area contributed by atoms with E-state index in [1.165, 1.54) is 12.1 Å². The molecule has 0 amide bonds. The van der Waals surface area contributed by atoms with Crippen LogP contribution in [0, 0.1) is 17.1 Å². The first-order valence-electron chi connectivity index (χ1n) is 11.1. The largest absolute Gasteiger partial charge is 0.372 e. The van der Waals surface area contributed by atoms with Crippen LogP contribution in [0.3, 0.4) is 0 Å². The molecule has 8 nitrogen and oxygen atoms in total. The van der Waals surface area contributed by atoms with E-state index in [0.29, 0.717) is 28.8 Å². The van der Waals surface area contributed by atoms with Crippen molar-refractivity contribution in [1.29, 1.82) is 5.26 Å². The number of halogens is 1. The van der Waals surface area contributed by atoms with E-state index in [2.05, 4.69) is 21.9 Å². The van der Waals surface area contributed by atoms with Crippen LogP contribution in [0.15, 0.2) is 41.2 Å². The van der Waals surface area contributed by atoms with Crippen LogP contribution in [0.2, 0.25) is 0 Å². The molecule has 1 aromatic heterocycles. The van der Waals surface area contributed by atoms with Gasteiger partial charge in [-0.3, -0.25) is 0 Å². The second kappa shape index (κ2) is 10.9. The minimum Gasteiger partial charge on any atom is -0.372 e. The Hall–Kier alpha value is -3.77. The van der Waals surface area contributed by atoms with E-state index in [0.717, 1.165) is 37.1 Å². The number of nitriles is 1. The molecule has 2 heterocycles. The molecule has 9 heteroatoms. The second-order valence-corrected chi connectivity index (χ2v) is 8.40. The first-order valence-corrected chi connectivity index (χ1v) is 11.1. The number of nitrogens with zero attached hydrogens (tertiary/aromatic N) is 6. The number of nitrogens with one attached hydrogen (secondary N) is 1. The van der Waals surface area contributed by atoms with Crippen LogP contribution < -0.4 is 16.0 Å². The average Bonchev–Trinajstić information content (AvgIpc) is 2.83. The lowest BCUT2D eigenvalue weighted by Gasteiger charge is -2.31. The Morgan fingerprint density at radius 1 is 1.32 bits per heavy atom. The maximum absolute atomic E-state index is 14.6. The Morgan fingerprint density at radius 2 is 2.03 bits per heavy atom. The van der Waals surface area contributed by atoms with Crippen LogP contribution in [0.5, 0.6) is 0 Å². The molecule has 0 atom stereocenters. The number of rotatable bonds is 7. The van der Waals surface area contributed by atoms with Gasteiger partial charge in [-0.15, -0.1) is 0 Å². The molecular weight excluding hydrogens is 431 g/mol. The zero-order chi connectivity index (χ0) is 24.8. The van der Waals surface area contributed by atoms with Gasteiger partial charge < -0.3 is 20.9 Å². The van der Waals surface area contributed by atoms with Gasteiger partial charge in [0.2, 0.25) is 5.95 Å². The molecule has 0 saturated carbocycles. The molecule has 1 aliphatic heterocycles. The summed E-state index contributed by atoms with van der Waals surface area (Å²) in [7, 11) is 5.57. The molecule has 0 unspecified atom stereocenters. The van der Waals surface area contributed by atoms with Crippen molar-refractivity contribution in [2.45, 2.75) is 25.8 Å². The van der Waals surface area contributed by atoms with Crippen LogP contribution in [-0.2, 0) is 0 Å². The highest BCUT2D eigenvalue weighted by atomic mass is 19.1. The molecule has 3 N–H and O–H groups in total. The van der Waals surface area contributed by atoms with Gasteiger partial charge in [0, 0.05) is 51.4 Å². The van der Waals surface area contributed by atoms with E-state index in [1.807, 2.05) is 44.1 Å². The van der Waals surface area contributed by atoms with Gasteiger partial charge in [-0.2, -0.15) is 10.2 Å². The third-order valence-corrected chi connectivity index (χ3v) is 5.82. The van der Waals surface area contributed by atoms with Gasteiger partial charge in [-0.1, -0.05) is 12.1 Å². The lowest BCUT2D eigenvalue weighted by Crippen LogP contribution is -2.40. The van der Waals surface area contributed by atoms with Gasteiger partial charge in [-0.05, 0) is 50.3 Å². The van der Waals surface area contributed by atoms with Gasteiger partial charge in [0.1, 0.15) is 23.5 Å². The van der Waals surface area contributed by atoms with Crippen molar-refractivity contribution in [2.24, 2.45) is 10.7 Å². The second-order valence-electron chi connectivity index (χ2n) is 8.40. The quantitative estimate of drug-likeness (QED) is 0.478. The highest BCUT2D eigenvalue weighted by Gasteiger charge is 2.23. The number of benzene rings is 1. The Morgan fingerprint density at radius 3 is 2.59 bits per heavy atom. The lowest BCUT2D eigenvalue weighted by molar-refractivity contribution is 0.496. The van der Waals surface area contributed by atoms with E-state index in [4.69, 9.17) is 21.0 Å².